The summed E-state index contributed by atoms with van der Waals surface area (Å²) in [5, 5.41) is 9.60. The van der Waals surface area contributed by atoms with Crippen molar-refractivity contribution >= 4 is 47.2 Å². The van der Waals surface area contributed by atoms with Crippen molar-refractivity contribution in [1.82, 2.24) is 20.9 Å². The number of nitrogens with zero attached hydrogens (tertiary/aromatic N) is 2. The van der Waals surface area contributed by atoms with E-state index in [1.807, 2.05) is 6.92 Å². The van der Waals surface area contributed by atoms with E-state index in [1.54, 1.807) is 5.51 Å². The minimum Gasteiger partial charge on any atom is -0.357 e. The molecule has 23 heavy (non-hydrogen) atoms. The van der Waals surface area contributed by atoms with E-state index in [2.05, 4.69) is 32.9 Å². The van der Waals surface area contributed by atoms with Gasteiger partial charge < -0.3 is 16.0 Å². The molecule has 1 fully saturated rings. The van der Waals surface area contributed by atoms with Gasteiger partial charge in [0.15, 0.2) is 5.96 Å². The Balaban J connectivity index is 0.00000264. The van der Waals surface area contributed by atoms with E-state index in [9.17, 15) is 4.79 Å². The molecule has 0 radical (unpaired) electrons. The number of amides is 1. The first kappa shape index (κ1) is 20.1. The van der Waals surface area contributed by atoms with Crippen LogP contribution in [0.3, 0.4) is 0 Å². The van der Waals surface area contributed by atoms with Crippen LogP contribution in [0.5, 0.6) is 0 Å². The summed E-state index contributed by atoms with van der Waals surface area (Å²) in [6.07, 6.45) is 5.01. The largest absolute Gasteiger partial charge is 0.357 e. The highest BCUT2D eigenvalue weighted by molar-refractivity contribution is 14.0. The standard InChI is InChI=1S/C15H25N5OS.HI/c1-3-16-15(20-12-6-4-5-7-12)18-9-8-17-14(21)13-11(2)19-10-22-13;/h10,12H,3-9H2,1-2H3,(H,17,21)(H2,16,18,20);1H. The van der Waals surface area contributed by atoms with Gasteiger partial charge in [-0.05, 0) is 26.7 Å². The minimum atomic E-state index is -0.0658. The quantitative estimate of drug-likeness (QED) is 0.269. The maximum absolute atomic E-state index is 12.0. The van der Waals surface area contributed by atoms with Crippen LogP contribution < -0.4 is 16.0 Å². The molecule has 0 spiro atoms. The van der Waals surface area contributed by atoms with Gasteiger partial charge in [-0.1, -0.05) is 12.8 Å². The van der Waals surface area contributed by atoms with Crippen LogP contribution in [0.2, 0.25) is 0 Å². The van der Waals surface area contributed by atoms with E-state index in [4.69, 9.17) is 0 Å². The van der Waals surface area contributed by atoms with Gasteiger partial charge in [-0.25, -0.2) is 4.98 Å². The number of hydrogen-bond acceptors (Lipinski definition) is 4. The fraction of sp³-hybridized carbons (Fsp3) is 0.667. The van der Waals surface area contributed by atoms with Gasteiger partial charge in [0.25, 0.3) is 5.91 Å². The van der Waals surface area contributed by atoms with Crippen LogP contribution in [0, 0.1) is 6.92 Å². The monoisotopic (exact) mass is 451 g/mol. The lowest BCUT2D eigenvalue weighted by Crippen LogP contribution is -2.42. The maximum atomic E-state index is 12.0. The van der Waals surface area contributed by atoms with Gasteiger partial charge in [-0.15, -0.1) is 35.3 Å². The highest BCUT2D eigenvalue weighted by atomic mass is 127. The first-order valence-electron chi connectivity index (χ1n) is 7.93. The number of aryl methyl sites for hydroxylation is 1. The molecule has 1 saturated carbocycles. The Kier molecular flexibility index (Phi) is 9.46. The summed E-state index contributed by atoms with van der Waals surface area (Å²) in [4.78, 5) is 21.2. The average molecular weight is 451 g/mol. The molecule has 0 bridgehead atoms. The Morgan fingerprint density at radius 2 is 2.13 bits per heavy atom. The molecular weight excluding hydrogens is 425 g/mol. The van der Waals surface area contributed by atoms with E-state index in [0.29, 0.717) is 24.0 Å². The highest BCUT2D eigenvalue weighted by Crippen LogP contribution is 2.17. The first-order valence-corrected chi connectivity index (χ1v) is 8.81. The molecule has 8 heteroatoms. The van der Waals surface area contributed by atoms with Crippen molar-refractivity contribution in [2.24, 2.45) is 4.99 Å². The number of aliphatic imine (C=N–C) groups is 1. The summed E-state index contributed by atoms with van der Waals surface area (Å²) in [6, 6.07) is 0.534. The van der Waals surface area contributed by atoms with Crippen molar-refractivity contribution < 1.29 is 4.79 Å². The lowest BCUT2D eigenvalue weighted by molar-refractivity contribution is 0.0958. The SMILES string of the molecule is CCNC(=NCCNC(=O)c1scnc1C)NC1CCCC1.I. The number of halogens is 1. The summed E-state index contributed by atoms with van der Waals surface area (Å²) in [7, 11) is 0. The van der Waals surface area contributed by atoms with Gasteiger partial charge in [0.2, 0.25) is 0 Å². The number of hydrogen-bond donors (Lipinski definition) is 3. The fourth-order valence-corrected chi connectivity index (χ4v) is 3.24. The van der Waals surface area contributed by atoms with Gasteiger partial charge in [0, 0.05) is 19.1 Å². The fourth-order valence-electron chi connectivity index (χ4n) is 2.52. The van der Waals surface area contributed by atoms with Crippen LogP contribution >= 0.6 is 35.3 Å². The van der Waals surface area contributed by atoms with Gasteiger partial charge >= 0.3 is 0 Å². The van der Waals surface area contributed by atoms with Crippen LogP contribution in [0.25, 0.3) is 0 Å². The predicted octanol–water partition coefficient (Wildman–Crippen LogP) is 2.30. The Hall–Kier alpha value is -0.900. The van der Waals surface area contributed by atoms with Crippen LogP contribution in [0.15, 0.2) is 10.5 Å². The molecule has 1 amide bonds. The van der Waals surface area contributed by atoms with E-state index in [-0.39, 0.29) is 29.9 Å². The summed E-state index contributed by atoms with van der Waals surface area (Å²) in [6.45, 7) is 5.83. The van der Waals surface area contributed by atoms with Crippen LogP contribution in [0.1, 0.15) is 48.0 Å². The molecule has 0 atom stereocenters. The van der Waals surface area contributed by atoms with E-state index in [0.717, 1.165) is 18.2 Å². The Labute approximate surface area is 159 Å². The van der Waals surface area contributed by atoms with Crippen LogP contribution in [0.4, 0.5) is 0 Å². The van der Waals surface area contributed by atoms with Gasteiger partial charge in [0.05, 0.1) is 17.7 Å². The second-order valence-corrected chi connectivity index (χ2v) is 6.26. The van der Waals surface area contributed by atoms with Crippen molar-refractivity contribution in [3.05, 3.63) is 16.1 Å². The average Bonchev–Trinajstić information content (AvgIpc) is 3.15. The third-order valence-corrected chi connectivity index (χ3v) is 4.59. The normalized spacial score (nSPS) is 15.1. The number of guanidine groups is 1. The number of carbonyl (C=O) groups excluding carboxylic acids is 1. The van der Waals surface area contributed by atoms with Gasteiger partial charge in [-0.2, -0.15) is 0 Å². The molecule has 2 rings (SSSR count). The van der Waals surface area contributed by atoms with Crippen LogP contribution in [-0.2, 0) is 0 Å². The highest BCUT2D eigenvalue weighted by Gasteiger charge is 2.15. The summed E-state index contributed by atoms with van der Waals surface area (Å²) in [5.74, 6) is 0.779. The van der Waals surface area contributed by atoms with Gasteiger partial charge in [0.1, 0.15) is 4.88 Å². The Morgan fingerprint density at radius 1 is 1.39 bits per heavy atom. The first-order chi connectivity index (χ1) is 10.7. The van der Waals surface area contributed by atoms with E-state index in [1.165, 1.54) is 37.0 Å². The maximum Gasteiger partial charge on any atom is 0.263 e. The molecule has 0 aliphatic heterocycles. The zero-order chi connectivity index (χ0) is 15.8. The van der Waals surface area contributed by atoms with Crippen molar-refractivity contribution in [2.45, 2.75) is 45.6 Å². The second-order valence-electron chi connectivity index (χ2n) is 5.41. The molecule has 0 saturated heterocycles. The summed E-state index contributed by atoms with van der Waals surface area (Å²) >= 11 is 1.37. The molecule has 1 aliphatic rings. The topological polar surface area (TPSA) is 78.4 Å². The predicted molar refractivity (Wildman–Crippen MR) is 106 cm³/mol. The Morgan fingerprint density at radius 3 is 2.74 bits per heavy atom. The van der Waals surface area contributed by atoms with Crippen molar-refractivity contribution in [1.29, 1.82) is 0 Å². The molecule has 1 heterocycles. The molecule has 1 aromatic rings. The lowest BCUT2D eigenvalue weighted by atomic mass is 10.2. The van der Waals surface area contributed by atoms with Crippen molar-refractivity contribution in [3.8, 4) is 0 Å². The second kappa shape index (κ2) is 10.8. The molecule has 3 N–H and O–H groups in total. The number of thiazole rings is 1. The number of nitrogens with one attached hydrogen (secondary N) is 3. The summed E-state index contributed by atoms with van der Waals surface area (Å²) in [5.41, 5.74) is 2.47. The molecule has 6 nitrogen and oxygen atoms in total. The zero-order valence-electron chi connectivity index (χ0n) is 13.7. The lowest BCUT2D eigenvalue weighted by Gasteiger charge is -2.16. The van der Waals surface area contributed by atoms with Crippen LogP contribution in [-0.4, -0.2) is 42.5 Å². The molecule has 1 aliphatic carbocycles. The van der Waals surface area contributed by atoms with Crippen molar-refractivity contribution in [3.63, 3.8) is 0 Å². The third-order valence-electron chi connectivity index (χ3n) is 3.66. The molecule has 0 aromatic carbocycles. The van der Waals surface area contributed by atoms with E-state index >= 15 is 0 Å². The van der Waals surface area contributed by atoms with Gasteiger partial charge in [-0.3, -0.25) is 9.79 Å². The summed E-state index contributed by atoms with van der Waals surface area (Å²) < 4.78 is 0. The Bertz CT molecular complexity index is 514. The molecule has 0 unspecified atom stereocenters. The zero-order valence-corrected chi connectivity index (χ0v) is 16.9. The third kappa shape index (κ3) is 6.62. The van der Waals surface area contributed by atoms with E-state index < -0.39 is 0 Å². The minimum absolute atomic E-state index is 0. The molecule has 130 valence electrons. The number of aromatic nitrogens is 1. The van der Waals surface area contributed by atoms with Crippen molar-refractivity contribution in [2.75, 3.05) is 19.6 Å². The molecular formula is C15H26IN5OS. The number of carbonyl (C=O) groups is 1. The number of rotatable bonds is 6. The smallest absolute Gasteiger partial charge is 0.263 e. The molecule has 1 aromatic heterocycles.